The van der Waals surface area contributed by atoms with E-state index in [9.17, 15) is 14.0 Å². The molecule has 0 atom stereocenters. The number of para-hydroxylation sites is 1. The van der Waals surface area contributed by atoms with Gasteiger partial charge in [0.2, 0.25) is 0 Å². The van der Waals surface area contributed by atoms with E-state index in [1.54, 1.807) is 30.3 Å². The van der Waals surface area contributed by atoms with Crippen LogP contribution in [0.25, 0.3) is 0 Å². The Kier molecular flexibility index (Phi) is 3.87. The summed E-state index contributed by atoms with van der Waals surface area (Å²) in [6.45, 7) is 0. The number of hydrogen-bond acceptors (Lipinski definition) is 2. The summed E-state index contributed by atoms with van der Waals surface area (Å²) in [5.74, 6) is -2.15. The van der Waals surface area contributed by atoms with Gasteiger partial charge in [-0.15, -0.1) is 0 Å². The van der Waals surface area contributed by atoms with Crippen LogP contribution in [0.2, 0.25) is 0 Å². The van der Waals surface area contributed by atoms with Gasteiger partial charge in [0.1, 0.15) is 5.82 Å². The second-order valence-corrected chi connectivity index (χ2v) is 3.78. The third-order valence-electron chi connectivity index (χ3n) is 2.32. The molecule has 0 spiro atoms. The first-order chi connectivity index (χ1) is 9.15. The molecule has 4 nitrogen and oxygen atoms in total. The largest absolute Gasteiger partial charge is 0.318 e. The van der Waals surface area contributed by atoms with Crippen LogP contribution in [0, 0.1) is 5.82 Å². The van der Waals surface area contributed by atoms with Crippen LogP contribution >= 0.6 is 0 Å². The minimum absolute atomic E-state index is 0.230. The van der Waals surface area contributed by atoms with Crippen molar-refractivity contribution < 1.29 is 14.0 Å². The standard InChI is InChI=1S/C14H11FN2O2/c15-10-5-4-8-12(9-10)17-14(19)13(18)16-11-6-2-1-3-7-11/h1-9H,(H,16,18)(H,17,19). The molecule has 2 amide bonds. The zero-order valence-electron chi connectivity index (χ0n) is 9.89. The van der Waals surface area contributed by atoms with Gasteiger partial charge in [0.05, 0.1) is 0 Å². The fourth-order valence-electron chi connectivity index (χ4n) is 1.46. The molecule has 2 rings (SSSR count). The molecule has 0 aliphatic rings. The fourth-order valence-corrected chi connectivity index (χ4v) is 1.46. The highest BCUT2D eigenvalue weighted by Gasteiger charge is 2.13. The van der Waals surface area contributed by atoms with Crippen LogP contribution in [-0.2, 0) is 9.59 Å². The van der Waals surface area contributed by atoms with E-state index in [-0.39, 0.29) is 5.69 Å². The first kappa shape index (κ1) is 12.8. The van der Waals surface area contributed by atoms with Gasteiger partial charge in [0.15, 0.2) is 0 Å². The zero-order chi connectivity index (χ0) is 13.7. The normalized spacial score (nSPS) is 9.74. The second kappa shape index (κ2) is 5.77. The van der Waals surface area contributed by atoms with Gasteiger partial charge in [-0.05, 0) is 30.3 Å². The Morgan fingerprint density at radius 2 is 1.37 bits per heavy atom. The minimum Gasteiger partial charge on any atom is -0.318 e. The van der Waals surface area contributed by atoms with E-state index in [4.69, 9.17) is 0 Å². The summed E-state index contributed by atoms with van der Waals surface area (Å²) >= 11 is 0. The molecule has 0 aliphatic carbocycles. The number of carbonyl (C=O) groups is 2. The fraction of sp³-hybridized carbons (Fsp3) is 0. The molecule has 0 heterocycles. The van der Waals surface area contributed by atoms with Crippen LogP contribution in [-0.4, -0.2) is 11.8 Å². The summed E-state index contributed by atoms with van der Waals surface area (Å²) in [4.78, 5) is 23.2. The number of halogens is 1. The highest BCUT2D eigenvalue weighted by molar-refractivity contribution is 6.43. The van der Waals surface area contributed by atoms with Crippen molar-refractivity contribution in [3.05, 3.63) is 60.4 Å². The average Bonchev–Trinajstić information content (AvgIpc) is 2.40. The number of benzene rings is 2. The SMILES string of the molecule is O=C(Nc1ccccc1)C(=O)Nc1cccc(F)c1. The lowest BCUT2D eigenvalue weighted by atomic mass is 10.3. The predicted molar refractivity (Wildman–Crippen MR) is 70.1 cm³/mol. The smallest absolute Gasteiger partial charge is 0.314 e. The van der Waals surface area contributed by atoms with Crippen molar-refractivity contribution in [3.8, 4) is 0 Å². The van der Waals surface area contributed by atoms with Gasteiger partial charge in [-0.25, -0.2) is 4.39 Å². The third-order valence-corrected chi connectivity index (χ3v) is 2.32. The summed E-state index contributed by atoms with van der Waals surface area (Å²) in [5.41, 5.74) is 0.745. The molecule has 0 aliphatic heterocycles. The van der Waals surface area contributed by atoms with Crippen molar-refractivity contribution in [2.75, 3.05) is 10.6 Å². The molecule has 0 unspecified atom stereocenters. The van der Waals surface area contributed by atoms with Gasteiger partial charge in [-0.1, -0.05) is 24.3 Å². The molecular weight excluding hydrogens is 247 g/mol. The highest BCUT2D eigenvalue weighted by Crippen LogP contribution is 2.09. The van der Waals surface area contributed by atoms with Crippen molar-refractivity contribution in [1.82, 2.24) is 0 Å². The number of hydrogen-bond donors (Lipinski definition) is 2. The Morgan fingerprint density at radius 1 is 0.789 bits per heavy atom. The molecule has 96 valence electrons. The molecular formula is C14H11FN2O2. The van der Waals surface area contributed by atoms with Crippen LogP contribution in [0.15, 0.2) is 54.6 Å². The molecule has 0 bridgehead atoms. The molecule has 0 saturated heterocycles. The summed E-state index contributed by atoms with van der Waals surface area (Å²) in [6, 6.07) is 13.9. The average molecular weight is 258 g/mol. The van der Waals surface area contributed by atoms with Gasteiger partial charge in [-0.2, -0.15) is 0 Å². The van der Waals surface area contributed by atoms with Gasteiger partial charge in [0, 0.05) is 11.4 Å². The zero-order valence-corrected chi connectivity index (χ0v) is 9.89. The van der Waals surface area contributed by atoms with Crippen LogP contribution < -0.4 is 10.6 Å². The van der Waals surface area contributed by atoms with Crippen molar-refractivity contribution in [1.29, 1.82) is 0 Å². The van der Waals surface area contributed by atoms with Gasteiger partial charge < -0.3 is 10.6 Å². The van der Waals surface area contributed by atoms with E-state index in [1.807, 2.05) is 0 Å². The predicted octanol–water partition coefficient (Wildman–Crippen LogP) is 2.40. The first-order valence-corrected chi connectivity index (χ1v) is 5.58. The number of rotatable bonds is 2. The van der Waals surface area contributed by atoms with Gasteiger partial charge >= 0.3 is 11.8 Å². The monoisotopic (exact) mass is 258 g/mol. The number of amides is 2. The van der Waals surface area contributed by atoms with Crippen LogP contribution in [0.5, 0.6) is 0 Å². The van der Waals surface area contributed by atoms with Crippen LogP contribution in [0.1, 0.15) is 0 Å². The molecule has 2 aromatic rings. The van der Waals surface area contributed by atoms with Crippen molar-refractivity contribution in [2.24, 2.45) is 0 Å². The minimum atomic E-state index is -0.852. The van der Waals surface area contributed by atoms with Gasteiger partial charge in [-0.3, -0.25) is 9.59 Å². The Balaban J connectivity index is 1.98. The van der Waals surface area contributed by atoms with E-state index < -0.39 is 17.6 Å². The Bertz CT molecular complexity index is 599. The maximum absolute atomic E-state index is 12.9. The maximum Gasteiger partial charge on any atom is 0.314 e. The van der Waals surface area contributed by atoms with E-state index in [0.717, 1.165) is 6.07 Å². The molecule has 2 N–H and O–H groups in total. The van der Waals surface area contributed by atoms with Crippen molar-refractivity contribution >= 4 is 23.2 Å². The summed E-state index contributed by atoms with van der Waals surface area (Å²) < 4.78 is 12.9. The molecule has 19 heavy (non-hydrogen) atoms. The van der Waals surface area contributed by atoms with E-state index >= 15 is 0 Å². The first-order valence-electron chi connectivity index (χ1n) is 5.58. The highest BCUT2D eigenvalue weighted by atomic mass is 19.1. The van der Waals surface area contributed by atoms with E-state index in [2.05, 4.69) is 10.6 Å². The Hall–Kier alpha value is -2.69. The lowest BCUT2D eigenvalue weighted by Crippen LogP contribution is -2.29. The molecule has 0 fully saturated rings. The summed E-state index contributed by atoms with van der Waals surface area (Å²) in [6.07, 6.45) is 0. The number of carbonyl (C=O) groups excluding carboxylic acids is 2. The quantitative estimate of drug-likeness (QED) is 0.813. The second-order valence-electron chi connectivity index (χ2n) is 3.78. The molecule has 5 heteroatoms. The van der Waals surface area contributed by atoms with Crippen LogP contribution in [0.4, 0.5) is 15.8 Å². The summed E-state index contributed by atoms with van der Waals surface area (Å²) in [5, 5.41) is 4.74. The van der Waals surface area contributed by atoms with E-state index in [1.165, 1.54) is 18.2 Å². The lowest BCUT2D eigenvalue weighted by Gasteiger charge is -2.06. The van der Waals surface area contributed by atoms with Gasteiger partial charge in [0.25, 0.3) is 0 Å². The third kappa shape index (κ3) is 3.64. The topological polar surface area (TPSA) is 58.2 Å². The Morgan fingerprint density at radius 3 is 2.00 bits per heavy atom. The number of anilines is 2. The molecule has 2 aromatic carbocycles. The van der Waals surface area contributed by atoms with Crippen LogP contribution in [0.3, 0.4) is 0 Å². The number of nitrogens with one attached hydrogen (secondary N) is 2. The Labute approximate surface area is 109 Å². The lowest BCUT2D eigenvalue weighted by molar-refractivity contribution is -0.133. The van der Waals surface area contributed by atoms with Crippen molar-refractivity contribution in [2.45, 2.75) is 0 Å². The maximum atomic E-state index is 12.9. The molecule has 0 radical (unpaired) electrons. The summed E-state index contributed by atoms with van der Waals surface area (Å²) in [7, 11) is 0. The molecule has 0 saturated carbocycles. The molecule has 0 aromatic heterocycles. The van der Waals surface area contributed by atoms with E-state index in [0.29, 0.717) is 5.69 Å². The van der Waals surface area contributed by atoms with Crippen molar-refractivity contribution in [3.63, 3.8) is 0 Å².